The Kier molecular flexibility index (Phi) is 5.36. The molecule has 0 spiro atoms. The average molecular weight is 377 g/mol. The molecule has 2 aromatic rings. The summed E-state index contributed by atoms with van der Waals surface area (Å²) in [6.45, 7) is 3.15. The van der Waals surface area contributed by atoms with E-state index in [1.165, 1.54) is 12.6 Å². The SMILES string of the molecule is C[C@H](CC(=O)N1CCC(c2ncccc2S(C)(=O)=O)CC1)n1cncn1. The van der Waals surface area contributed by atoms with Gasteiger partial charge >= 0.3 is 0 Å². The number of pyridine rings is 1. The lowest BCUT2D eigenvalue weighted by Crippen LogP contribution is -2.39. The number of aromatic nitrogens is 4. The van der Waals surface area contributed by atoms with Gasteiger partial charge in [-0.15, -0.1) is 0 Å². The lowest BCUT2D eigenvalue weighted by molar-refractivity contribution is -0.133. The van der Waals surface area contributed by atoms with Gasteiger partial charge in [0, 0.05) is 37.9 Å². The second-order valence-corrected chi connectivity index (χ2v) is 8.73. The molecular formula is C17H23N5O3S. The molecule has 0 aromatic carbocycles. The lowest BCUT2D eigenvalue weighted by Gasteiger charge is -2.33. The van der Waals surface area contributed by atoms with E-state index < -0.39 is 9.84 Å². The summed E-state index contributed by atoms with van der Waals surface area (Å²) in [7, 11) is -3.31. The summed E-state index contributed by atoms with van der Waals surface area (Å²) in [5.41, 5.74) is 0.623. The van der Waals surface area contributed by atoms with Crippen molar-refractivity contribution in [1.82, 2.24) is 24.6 Å². The number of piperidine rings is 1. The molecule has 1 atom stereocenters. The van der Waals surface area contributed by atoms with Crippen LogP contribution in [0.1, 0.15) is 43.8 Å². The minimum absolute atomic E-state index is 0.0460. The fourth-order valence-electron chi connectivity index (χ4n) is 3.35. The van der Waals surface area contributed by atoms with E-state index in [-0.39, 0.29) is 17.9 Å². The average Bonchev–Trinajstić information content (AvgIpc) is 3.16. The van der Waals surface area contributed by atoms with Gasteiger partial charge in [-0.25, -0.2) is 18.1 Å². The van der Waals surface area contributed by atoms with Crippen molar-refractivity contribution in [1.29, 1.82) is 0 Å². The third-order valence-corrected chi connectivity index (χ3v) is 5.94. The Morgan fingerprint density at radius 2 is 2.08 bits per heavy atom. The van der Waals surface area contributed by atoms with Crippen LogP contribution in [0.25, 0.3) is 0 Å². The molecule has 0 radical (unpaired) electrons. The molecular weight excluding hydrogens is 354 g/mol. The molecule has 3 heterocycles. The van der Waals surface area contributed by atoms with Crippen molar-refractivity contribution in [2.24, 2.45) is 0 Å². The largest absolute Gasteiger partial charge is 0.343 e. The molecule has 0 N–H and O–H groups in total. The number of sulfone groups is 1. The van der Waals surface area contributed by atoms with Crippen molar-refractivity contribution in [2.75, 3.05) is 19.3 Å². The summed E-state index contributed by atoms with van der Waals surface area (Å²) >= 11 is 0. The first-order chi connectivity index (χ1) is 12.4. The van der Waals surface area contributed by atoms with Gasteiger partial charge in [0.25, 0.3) is 0 Å². The van der Waals surface area contributed by atoms with Gasteiger partial charge in [-0.2, -0.15) is 5.10 Å². The van der Waals surface area contributed by atoms with Crippen LogP contribution in [-0.2, 0) is 14.6 Å². The van der Waals surface area contributed by atoms with Crippen molar-refractivity contribution in [3.63, 3.8) is 0 Å². The predicted molar refractivity (Wildman–Crippen MR) is 95.3 cm³/mol. The van der Waals surface area contributed by atoms with E-state index in [2.05, 4.69) is 15.1 Å². The fraction of sp³-hybridized carbons (Fsp3) is 0.529. The Morgan fingerprint density at radius 3 is 2.69 bits per heavy atom. The molecule has 1 amide bonds. The Hall–Kier alpha value is -2.29. The standard InChI is InChI=1S/C17H23N5O3S/c1-13(22-12-18-11-20-22)10-16(23)21-8-5-14(6-9-21)17-15(26(2,24)25)4-3-7-19-17/h3-4,7,11-14H,5-6,8-10H2,1-2H3/t13-/m1/s1. The zero-order valence-corrected chi connectivity index (χ0v) is 15.8. The number of carbonyl (C=O) groups is 1. The molecule has 9 heteroatoms. The van der Waals surface area contributed by atoms with Gasteiger partial charge in [-0.1, -0.05) is 0 Å². The molecule has 26 heavy (non-hydrogen) atoms. The quantitative estimate of drug-likeness (QED) is 0.782. The van der Waals surface area contributed by atoms with Crippen molar-refractivity contribution in [3.05, 3.63) is 36.7 Å². The Bertz CT molecular complexity index is 858. The van der Waals surface area contributed by atoms with E-state index in [0.29, 0.717) is 42.9 Å². The van der Waals surface area contributed by atoms with Gasteiger partial charge in [-0.3, -0.25) is 9.78 Å². The number of hydrogen-bond acceptors (Lipinski definition) is 6. The van der Waals surface area contributed by atoms with Crippen molar-refractivity contribution >= 4 is 15.7 Å². The normalized spacial score (nSPS) is 17.2. The Labute approximate surface area is 153 Å². The van der Waals surface area contributed by atoms with E-state index in [4.69, 9.17) is 0 Å². The summed E-state index contributed by atoms with van der Waals surface area (Å²) in [6, 6.07) is 3.20. The van der Waals surface area contributed by atoms with E-state index in [1.54, 1.807) is 29.3 Å². The number of carbonyl (C=O) groups excluding carboxylic acids is 1. The highest BCUT2D eigenvalue weighted by Gasteiger charge is 2.28. The molecule has 0 unspecified atom stereocenters. The number of hydrogen-bond donors (Lipinski definition) is 0. The highest BCUT2D eigenvalue weighted by molar-refractivity contribution is 7.90. The van der Waals surface area contributed by atoms with Crippen LogP contribution >= 0.6 is 0 Å². The third kappa shape index (κ3) is 4.09. The summed E-state index contributed by atoms with van der Waals surface area (Å²) in [6.07, 6.45) is 7.69. The van der Waals surface area contributed by atoms with Gasteiger partial charge < -0.3 is 4.90 Å². The first-order valence-electron chi connectivity index (χ1n) is 8.63. The summed E-state index contributed by atoms with van der Waals surface area (Å²) in [5, 5.41) is 4.07. The third-order valence-electron chi connectivity index (χ3n) is 4.79. The van der Waals surface area contributed by atoms with Crippen molar-refractivity contribution in [3.8, 4) is 0 Å². The summed E-state index contributed by atoms with van der Waals surface area (Å²) < 4.78 is 25.6. The molecule has 1 fully saturated rings. The van der Waals surface area contributed by atoms with Crippen LogP contribution < -0.4 is 0 Å². The van der Waals surface area contributed by atoms with Crippen molar-refractivity contribution < 1.29 is 13.2 Å². The zero-order valence-electron chi connectivity index (χ0n) is 14.9. The molecule has 1 saturated heterocycles. The van der Waals surface area contributed by atoms with Crippen LogP contribution in [0.4, 0.5) is 0 Å². The van der Waals surface area contributed by atoms with E-state index in [9.17, 15) is 13.2 Å². The topological polar surface area (TPSA) is 98.1 Å². The monoisotopic (exact) mass is 377 g/mol. The fourth-order valence-corrected chi connectivity index (χ4v) is 4.27. The van der Waals surface area contributed by atoms with E-state index in [1.807, 2.05) is 11.8 Å². The van der Waals surface area contributed by atoms with Gasteiger partial charge in [0.2, 0.25) is 5.91 Å². The maximum absolute atomic E-state index is 12.5. The molecule has 0 bridgehead atoms. The van der Waals surface area contributed by atoms with Gasteiger partial charge in [-0.05, 0) is 31.9 Å². The van der Waals surface area contributed by atoms with Crippen LogP contribution in [-0.4, -0.2) is 58.3 Å². The van der Waals surface area contributed by atoms with Crippen molar-refractivity contribution in [2.45, 2.75) is 43.0 Å². The van der Waals surface area contributed by atoms with E-state index in [0.717, 1.165) is 0 Å². The number of likely N-dealkylation sites (tertiary alicyclic amines) is 1. The summed E-state index contributed by atoms with van der Waals surface area (Å²) in [4.78, 5) is 22.9. The molecule has 8 nitrogen and oxygen atoms in total. The first-order valence-corrected chi connectivity index (χ1v) is 10.5. The van der Waals surface area contributed by atoms with Crippen LogP contribution in [0.2, 0.25) is 0 Å². The molecule has 1 aliphatic rings. The molecule has 0 aliphatic carbocycles. The minimum Gasteiger partial charge on any atom is -0.343 e. The Morgan fingerprint density at radius 1 is 1.35 bits per heavy atom. The molecule has 3 rings (SSSR count). The van der Waals surface area contributed by atoms with E-state index >= 15 is 0 Å². The van der Waals surface area contributed by atoms with Gasteiger partial charge in [0.05, 0.1) is 16.6 Å². The van der Waals surface area contributed by atoms with Gasteiger partial charge in [0.1, 0.15) is 12.7 Å². The number of nitrogens with zero attached hydrogens (tertiary/aromatic N) is 5. The minimum atomic E-state index is -3.31. The predicted octanol–water partition coefficient (Wildman–Crippen LogP) is 1.43. The number of amides is 1. The number of rotatable bonds is 5. The second-order valence-electron chi connectivity index (χ2n) is 6.74. The maximum atomic E-state index is 12.5. The smallest absolute Gasteiger partial charge is 0.224 e. The van der Waals surface area contributed by atoms with Crippen LogP contribution in [0.5, 0.6) is 0 Å². The molecule has 1 aliphatic heterocycles. The summed E-state index contributed by atoms with van der Waals surface area (Å²) in [5.74, 6) is 0.133. The second kappa shape index (κ2) is 7.53. The van der Waals surface area contributed by atoms with Crippen LogP contribution in [0.15, 0.2) is 35.9 Å². The Balaban J connectivity index is 1.62. The highest BCUT2D eigenvalue weighted by atomic mass is 32.2. The van der Waals surface area contributed by atoms with Gasteiger partial charge in [0.15, 0.2) is 9.84 Å². The molecule has 140 valence electrons. The maximum Gasteiger partial charge on any atom is 0.224 e. The van der Waals surface area contributed by atoms with Crippen LogP contribution in [0.3, 0.4) is 0 Å². The highest BCUT2D eigenvalue weighted by Crippen LogP contribution is 2.31. The van der Waals surface area contributed by atoms with Crippen LogP contribution in [0, 0.1) is 0 Å². The lowest BCUT2D eigenvalue weighted by atomic mass is 9.92. The molecule has 0 saturated carbocycles. The zero-order chi connectivity index (χ0) is 18.7. The molecule has 2 aromatic heterocycles. The first kappa shape index (κ1) is 18.5.